The first-order valence-corrected chi connectivity index (χ1v) is 11.3. The van der Waals surface area contributed by atoms with E-state index in [-0.39, 0.29) is 11.4 Å². The molecular formula is C26H24N6O4. The van der Waals surface area contributed by atoms with Crippen molar-refractivity contribution in [2.24, 2.45) is 7.05 Å². The predicted octanol–water partition coefficient (Wildman–Crippen LogP) is 1.91. The number of ether oxygens (including phenoxy) is 1. The van der Waals surface area contributed by atoms with Gasteiger partial charge in [0.2, 0.25) is 0 Å². The second-order valence-corrected chi connectivity index (χ2v) is 8.48. The number of carbonyl (C=O) groups excluding carboxylic acids is 2. The van der Waals surface area contributed by atoms with Gasteiger partial charge in [-0.1, -0.05) is 31.4 Å². The van der Waals surface area contributed by atoms with Crippen molar-refractivity contribution in [2.75, 3.05) is 26.3 Å². The van der Waals surface area contributed by atoms with Gasteiger partial charge in [-0.3, -0.25) is 23.6 Å². The SMILES string of the molecule is C=C(NC(=O)C(=C)n1cnc2c(-c3ccc4nn(C)cc4c3)cccc2c1=O)C(=O)N1CCOCC1. The van der Waals surface area contributed by atoms with Crippen LogP contribution in [0.2, 0.25) is 0 Å². The zero-order chi connectivity index (χ0) is 25.4. The van der Waals surface area contributed by atoms with Crippen LogP contribution in [-0.2, 0) is 21.4 Å². The predicted molar refractivity (Wildman–Crippen MR) is 136 cm³/mol. The van der Waals surface area contributed by atoms with Gasteiger partial charge in [0.1, 0.15) is 12.0 Å². The molecule has 0 bridgehead atoms. The fourth-order valence-corrected chi connectivity index (χ4v) is 4.22. The van der Waals surface area contributed by atoms with Crippen molar-refractivity contribution < 1.29 is 14.3 Å². The molecule has 0 atom stereocenters. The number of para-hydroxylation sites is 1. The van der Waals surface area contributed by atoms with Crippen LogP contribution in [0.25, 0.3) is 38.6 Å². The maximum absolute atomic E-state index is 13.3. The van der Waals surface area contributed by atoms with Gasteiger partial charge in [-0.25, -0.2) is 4.98 Å². The highest BCUT2D eigenvalue weighted by Gasteiger charge is 2.22. The van der Waals surface area contributed by atoms with E-state index < -0.39 is 17.4 Å². The van der Waals surface area contributed by atoms with Crippen LogP contribution in [0, 0.1) is 0 Å². The summed E-state index contributed by atoms with van der Waals surface area (Å²) in [5, 5.41) is 8.14. The van der Waals surface area contributed by atoms with Crippen molar-refractivity contribution in [3.63, 3.8) is 0 Å². The number of amides is 2. The molecule has 2 aromatic heterocycles. The third-order valence-corrected chi connectivity index (χ3v) is 6.09. The number of benzene rings is 2. The Bertz CT molecular complexity index is 1610. The average molecular weight is 485 g/mol. The van der Waals surface area contributed by atoms with E-state index in [0.717, 1.165) is 26.6 Å². The summed E-state index contributed by atoms with van der Waals surface area (Å²) in [6.45, 7) is 9.11. The third kappa shape index (κ3) is 4.18. The molecular weight excluding hydrogens is 460 g/mol. The minimum absolute atomic E-state index is 0.0991. The molecule has 36 heavy (non-hydrogen) atoms. The summed E-state index contributed by atoms with van der Waals surface area (Å²) in [5.41, 5.74) is 2.32. The summed E-state index contributed by atoms with van der Waals surface area (Å²) >= 11 is 0. The summed E-state index contributed by atoms with van der Waals surface area (Å²) in [6.07, 6.45) is 3.19. The van der Waals surface area contributed by atoms with Crippen LogP contribution in [-0.4, -0.2) is 62.3 Å². The number of fused-ring (bicyclic) bond motifs is 2. The minimum Gasteiger partial charge on any atom is -0.378 e. The quantitative estimate of drug-likeness (QED) is 0.433. The molecule has 10 heteroatoms. The van der Waals surface area contributed by atoms with Gasteiger partial charge in [0.05, 0.1) is 35.3 Å². The Kier molecular flexibility index (Phi) is 5.95. The summed E-state index contributed by atoms with van der Waals surface area (Å²) in [6, 6.07) is 11.2. The van der Waals surface area contributed by atoms with E-state index in [1.807, 2.05) is 37.5 Å². The van der Waals surface area contributed by atoms with Crippen molar-refractivity contribution in [3.05, 3.63) is 78.1 Å². The van der Waals surface area contributed by atoms with Gasteiger partial charge in [-0.2, -0.15) is 5.10 Å². The van der Waals surface area contributed by atoms with Gasteiger partial charge in [-0.15, -0.1) is 0 Å². The zero-order valence-electron chi connectivity index (χ0n) is 19.7. The van der Waals surface area contributed by atoms with E-state index in [1.165, 1.54) is 6.33 Å². The van der Waals surface area contributed by atoms with E-state index in [0.29, 0.717) is 37.2 Å². The molecule has 2 amide bonds. The topological polar surface area (TPSA) is 111 Å². The first-order chi connectivity index (χ1) is 17.3. The smallest absolute Gasteiger partial charge is 0.272 e. The number of nitrogens with zero attached hydrogens (tertiary/aromatic N) is 5. The molecule has 1 aliphatic rings. The van der Waals surface area contributed by atoms with Crippen molar-refractivity contribution in [2.45, 2.75) is 0 Å². The van der Waals surface area contributed by atoms with Crippen molar-refractivity contribution >= 4 is 39.3 Å². The van der Waals surface area contributed by atoms with Crippen LogP contribution in [0.3, 0.4) is 0 Å². The van der Waals surface area contributed by atoms with E-state index in [4.69, 9.17) is 4.74 Å². The van der Waals surface area contributed by atoms with Crippen LogP contribution < -0.4 is 10.9 Å². The van der Waals surface area contributed by atoms with E-state index in [1.54, 1.807) is 21.7 Å². The molecule has 1 fully saturated rings. The number of nitrogens with one attached hydrogen (secondary N) is 1. The first-order valence-electron chi connectivity index (χ1n) is 11.3. The van der Waals surface area contributed by atoms with Gasteiger partial charge < -0.3 is 15.0 Å². The number of morpholine rings is 1. The van der Waals surface area contributed by atoms with E-state index >= 15 is 0 Å². The Morgan fingerprint density at radius 3 is 2.67 bits per heavy atom. The molecule has 5 rings (SSSR count). The minimum atomic E-state index is -0.719. The maximum Gasteiger partial charge on any atom is 0.272 e. The first kappa shape index (κ1) is 23.2. The number of aromatic nitrogens is 4. The molecule has 2 aromatic carbocycles. The van der Waals surface area contributed by atoms with E-state index in [2.05, 4.69) is 28.6 Å². The van der Waals surface area contributed by atoms with Crippen molar-refractivity contribution in [1.29, 1.82) is 0 Å². The Labute approximate surface area is 206 Å². The highest BCUT2D eigenvalue weighted by molar-refractivity contribution is 6.15. The number of rotatable bonds is 5. The molecule has 0 radical (unpaired) electrons. The third-order valence-electron chi connectivity index (χ3n) is 6.09. The lowest BCUT2D eigenvalue weighted by Crippen LogP contribution is -2.44. The number of hydrogen-bond donors (Lipinski definition) is 1. The van der Waals surface area contributed by atoms with Crippen LogP contribution in [0.1, 0.15) is 0 Å². The van der Waals surface area contributed by atoms with Gasteiger partial charge in [0.25, 0.3) is 17.4 Å². The largest absolute Gasteiger partial charge is 0.378 e. The van der Waals surface area contributed by atoms with Crippen molar-refractivity contribution in [1.82, 2.24) is 29.5 Å². The molecule has 182 valence electrons. The highest BCUT2D eigenvalue weighted by Crippen LogP contribution is 2.28. The maximum atomic E-state index is 13.3. The standard InChI is InChI=1S/C26H24N6O4/c1-16(25(34)31-9-11-36-12-10-31)28-24(33)17(2)32-15-27-23-20(5-4-6-21(23)26(32)35)18-7-8-22-19(13-18)14-30(3)29-22/h4-8,13-15H,1-2,9-12H2,3H3,(H,28,33). The average Bonchev–Trinajstić information content (AvgIpc) is 3.27. The second-order valence-electron chi connectivity index (χ2n) is 8.48. The van der Waals surface area contributed by atoms with Gasteiger partial charge in [0, 0.05) is 37.3 Å². The molecule has 0 aliphatic carbocycles. The van der Waals surface area contributed by atoms with Crippen LogP contribution in [0.15, 0.2) is 72.6 Å². The molecule has 0 spiro atoms. The molecule has 3 heterocycles. The number of carbonyl (C=O) groups is 2. The van der Waals surface area contributed by atoms with Crippen LogP contribution >= 0.6 is 0 Å². The Morgan fingerprint density at radius 1 is 1.11 bits per heavy atom. The lowest BCUT2D eigenvalue weighted by molar-refractivity contribution is -0.132. The zero-order valence-corrected chi connectivity index (χ0v) is 19.7. The summed E-state index contributed by atoms with van der Waals surface area (Å²) in [4.78, 5) is 44.6. The molecule has 0 unspecified atom stereocenters. The Balaban J connectivity index is 1.42. The molecule has 1 N–H and O–H groups in total. The highest BCUT2D eigenvalue weighted by atomic mass is 16.5. The van der Waals surface area contributed by atoms with Crippen LogP contribution in [0.5, 0.6) is 0 Å². The number of aryl methyl sites for hydroxylation is 1. The molecule has 1 aliphatic heterocycles. The molecule has 10 nitrogen and oxygen atoms in total. The van der Waals surface area contributed by atoms with Gasteiger partial charge in [-0.05, 0) is 23.8 Å². The normalized spacial score (nSPS) is 13.6. The lowest BCUT2D eigenvalue weighted by atomic mass is 10.0. The van der Waals surface area contributed by atoms with E-state index in [9.17, 15) is 14.4 Å². The number of hydrogen-bond acceptors (Lipinski definition) is 6. The summed E-state index contributed by atoms with van der Waals surface area (Å²) < 4.78 is 8.05. The second kappa shape index (κ2) is 9.23. The van der Waals surface area contributed by atoms with Gasteiger partial charge >= 0.3 is 0 Å². The summed E-state index contributed by atoms with van der Waals surface area (Å²) in [7, 11) is 1.86. The summed E-state index contributed by atoms with van der Waals surface area (Å²) in [5.74, 6) is -1.12. The molecule has 0 saturated carbocycles. The fourth-order valence-electron chi connectivity index (χ4n) is 4.22. The molecule has 4 aromatic rings. The van der Waals surface area contributed by atoms with Gasteiger partial charge in [0.15, 0.2) is 0 Å². The fraction of sp³-hybridized carbons (Fsp3) is 0.192. The monoisotopic (exact) mass is 484 g/mol. The van der Waals surface area contributed by atoms with Crippen LogP contribution in [0.4, 0.5) is 0 Å². The Morgan fingerprint density at radius 2 is 1.89 bits per heavy atom. The molecule has 1 saturated heterocycles. The van der Waals surface area contributed by atoms with Crippen molar-refractivity contribution in [3.8, 4) is 11.1 Å². The lowest BCUT2D eigenvalue weighted by Gasteiger charge is -2.27. The Hall–Kier alpha value is -4.57.